The van der Waals surface area contributed by atoms with Crippen LogP contribution in [0, 0.1) is 0 Å². The third-order valence-electron chi connectivity index (χ3n) is 4.52. The van der Waals surface area contributed by atoms with Gasteiger partial charge in [0.25, 0.3) is 5.91 Å². The first kappa shape index (κ1) is 16.3. The molecular weight excluding hydrogens is 304 g/mol. The lowest BCUT2D eigenvalue weighted by molar-refractivity contribution is -0.121. The minimum absolute atomic E-state index is 0.0296. The predicted octanol–water partition coefficient (Wildman–Crippen LogP) is 2.85. The minimum Gasteiger partial charge on any atom is -0.459 e. The number of carbonyl (C=O) groups is 2. The van der Waals surface area contributed by atoms with Crippen LogP contribution in [0.4, 0.5) is 0 Å². The molecule has 1 aromatic heterocycles. The molecule has 5 nitrogen and oxygen atoms in total. The fourth-order valence-corrected chi connectivity index (χ4v) is 3.23. The molecule has 24 heavy (non-hydrogen) atoms. The number of hydrogen-bond donors (Lipinski definition) is 2. The Morgan fingerprint density at radius 1 is 1.00 bits per heavy atom. The molecule has 0 spiro atoms. The topological polar surface area (TPSA) is 71.3 Å². The van der Waals surface area contributed by atoms with Gasteiger partial charge in [-0.25, -0.2) is 0 Å². The first-order chi connectivity index (χ1) is 11.7. The molecule has 1 saturated carbocycles. The van der Waals surface area contributed by atoms with Gasteiger partial charge in [0.05, 0.1) is 12.8 Å². The van der Waals surface area contributed by atoms with Gasteiger partial charge in [0.2, 0.25) is 5.91 Å². The zero-order chi connectivity index (χ0) is 16.8. The Hall–Kier alpha value is -2.56. The van der Waals surface area contributed by atoms with Crippen LogP contribution in [-0.2, 0) is 4.79 Å². The lowest BCUT2D eigenvalue weighted by Crippen LogP contribution is -2.43. The van der Waals surface area contributed by atoms with Gasteiger partial charge >= 0.3 is 0 Å². The third-order valence-corrected chi connectivity index (χ3v) is 4.52. The summed E-state index contributed by atoms with van der Waals surface area (Å²) in [6.07, 6.45) is 5.52. The van der Waals surface area contributed by atoms with Crippen molar-refractivity contribution >= 4 is 11.8 Å². The average Bonchev–Trinajstić information content (AvgIpc) is 3.16. The van der Waals surface area contributed by atoms with Crippen LogP contribution < -0.4 is 10.6 Å². The number of benzene rings is 1. The van der Waals surface area contributed by atoms with E-state index < -0.39 is 0 Å². The molecule has 1 heterocycles. The molecule has 0 radical (unpaired) electrons. The number of amides is 2. The summed E-state index contributed by atoms with van der Waals surface area (Å²) in [5, 5.41) is 5.57. The molecule has 126 valence electrons. The summed E-state index contributed by atoms with van der Waals surface area (Å²) in [4.78, 5) is 23.7. The molecule has 1 fully saturated rings. The summed E-state index contributed by atoms with van der Waals surface area (Å²) in [6.45, 7) is -0.0296. The summed E-state index contributed by atoms with van der Waals surface area (Å²) in [5.41, 5.74) is 1.38. The molecule has 3 rings (SSSR count). The molecule has 1 aliphatic carbocycles. The van der Waals surface area contributed by atoms with Crippen LogP contribution >= 0.6 is 0 Å². The normalized spacial score (nSPS) is 20.3. The van der Waals surface area contributed by atoms with Gasteiger partial charge in [-0.2, -0.15) is 0 Å². The van der Waals surface area contributed by atoms with Crippen molar-refractivity contribution in [2.45, 2.75) is 37.6 Å². The first-order valence-corrected chi connectivity index (χ1v) is 8.38. The molecular formula is C19H22N2O3. The highest BCUT2D eigenvalue weighted by atomic mass is 16.3. The van der Waals surface area contributed by atoms with Crippen molar-refractivity contribution < 1.29 is 14.0 Å². The van der Waals surface area contributed by atoms with Crippen molar-refractivity contribution in [3.63, 3.8) is 0 Å². The van der Waals surface area contributed by atoms with E-state index in [1.807, 2.05) is 6.07 Å². The molecule has 0 atom stereocenters. The van der Waals surface area contributed by atoms with Crippen molar-refractivity contribution in [2.75, 3.05) is 6.54 Å². The largest absolute Gasteiger partial charge is 0.459 e. The van der Waals surface area contributed by atoms with E-state index in [4.69, 9.17) is 4.42 Å². The van der Waals surface area contributed by atoms with E-state index in [0.717, 1.165) is 25.7 Å². The lowest BCUT2D eigenvalue weighted by atomic mass is 9.82. The second-order valence-electron chi connectivity index (χ2n) is 6.19. The van der Waals surface area contributed by atoms with Gasteiger partial charge < -0.3 is 15.1 Å². The van der Waals surface area contributed by atoms with E-state index >= 15 is 0 Å². The third kappa shape index (κ3) is 4.25. The number of rotatable bonds is 5. The molecule has 0 saturated heterocycles. The van der Waals surface area contributed by atoms with Crippen molar-refractivity contribution in [1.29, 1.82) is 0 Å². The highest BCUT2D eigenvalue weighted by molar-refractivity contribution is 5.94. The highest BCUT2D eigenvalue weighted by Crippen LogP contribution is 2.32. The number of furan rings is 1. The minimum atomic E-state index is -0.372. The van der Waals surface area contributed by atoms with Gasteiger partial charge in [-0.15, -0.1) is 0 Å². The Morgan fingerprint density at radius 2 is 1.75 bits per heavy atom. The van der Waals surface area contributed by atoms with Gasteiger partial charge in [-0.3, -0.25) is 9.59 Å². The standard InChI is InChI=1S/C19H22N2O3/c22-18(13-20-19(23)17-7-4-12-24-17)21-16-10-8-15(9-11-16)14-5-2-1-3-6-14/h1-7,12,15-16H,8-11,13H2,(H,20,23)(H,21,22). The summed E-state index contributed by atoms with van der Waals surface area (Å²) in [6, 6.07) is 13.9. The second-order valence-corrected chi connectivity index (χ2v) is 6.19. The maximum Gasteiger partial charge on any atom is 0.287 e. The molecule has 0 unspecified atom stereocenters. The second kappa shape index (κ2) is 7.81. The Morgan fingerprint density at radius 3 is 2.42 bits per heavy atom. The van der Waals surface area contributed by atoms with Gasteiger partial charge in [0, 0.05) is 6.04 Å². The number of hydrogen-bond acceptors (Lipinski definition) is 3. The molecule has 5 heteroatoms. The van der Waals surface area contributed by atoms with Crippen LogP contribution in [0.1, 0.15) is 47.7 Å². The molecule has 0 bridgehead atoms. The molecule has 2 aromatic rings. The molecule has 2 N–H and O–H groups in total. The van der Waals surface area contributed by atoms with Crippen molar-refractivity contribution in [3.05, 3.63) is 60.1 Å². The monoisotopic (exact) mass is 326 g/mol. The number of nitrogens with one attached hydrogen (secondary N) is 2. The van der Waals surface area contributed by atoms with E-state index in [9.17, 15) is 9.59 Å². The van der Waals surface area contributed by atoms with E-state index in [0.29, 0.717) is 5.92 Å². The van der Waals surface area contributed by atoms with Crippen LogP contribution in [0.3, 0.4) is 0 Å². The Kier molecular flexibility index (Phi) is 5.31. The fraction of sp³-hybridized carbons (Fsp3) is 0.368. The number of carbonyl (C=O) groups excluding carboxylic acids is 2. The maximum atomic E-state index is 12.0. The van der Waals surface area contributed by atoms with Gasteiger partial charge in [0.1, 0.15) is 0 Å². The zero-order valence-corrected chi connectivity index (χ0v) is 13.5. The lowest BCUT2D eigenvalue weighted by Gasteiger charge is -2.29. The molecule has 0 aliphatic heterocycles. The van der Waals surface area contributed by atoms with E-state index in [1.54, 1.807) is 12.1 Å². The van der Waals surface area contributed by atoms with E-state index in [2.05, 4.69) is 34.9 Å². The first-order valence-electron chi connectivity index (χ1n) is 8.38. The predicted molar refractivity (Wildman–Crippen MR) is 90.6 cm³/mol. The maximum absolute atomic E-state index is 12.0. The molecule has 1 aromatic carbocycles. The Labute approximate surface area is 141 Å². The van der Waals surface area contributed by atoms with Crippen LogP contribution in [0.15, 0.2) is 53.1 Å². The summed E-state index contributed by atoms with van der Waals surface area (Å²) in [5.74, 6) is 0.269. The summed E-state index contributed by atoms with van der Waals surface area (Å²) >= 11 is 0. The van der Waals surface area contributed by atoms with E-state index in [-0.39, 0.29) is 30.2 Å². The van der Waals surface area contributed by atoms with Crippen LogP contribution in [0.5, 0.6) is 0 Å². The van der Waals surface area contributed by atoms with Crippen molar-refractivity contribution in [2.24, 2.45) is 0 Å². The summed E-state index contributed by atoms with van der Waals surface area (Å²) in [7, 11) is 0. The van der Waals surface area contributed by atoms with Gasteiger partial charge in [0.15, 0.2) is 5.76 Å². The van der Waals surface area contributed by atoms with Crippen molar-refractivity contribution in [1.82, 2.24) is 10.6 Å². The SMILES string of the molecule is O=C(CNC(=O)c1ccco1)NC1CCC(c2ccccc2)CC1. The highest BCUT2D eigenvalue weighted by Gasteiger charge is 2.23. The Balaban J connectivity index is 1.39. The smallest absolute Gasteiger partial charge is 0.287 e. The van der Waals surface area contributed by atoms with Crippen LogP contribution in [-0.4, -0.2) is 24.4 Å². The van der Waals surface area contributed by atoms with E-state index in [1.165, 1.54) is 11.8 Å². The Bertz CT molecular complexity index is 659. The zero-order valence-electron chi connectivity index (χ0n) is 13.5. The van der Waals surface area contributed by atoms with Crippen LogP contribution in [0.25, 0.3) is 0 Å². The van der Waals surface area contributed by atoms with Crippen molar-refractivity contribution in [3.8, 4) is 0 Å². The summed E-state index contributed by atoms with van der Waals surface area (Å²) < 4.78 is 4.99. The fourth-order valence-electron chi connectivity index (χ4n) is 3.23. The quantitative estimate of drug-likeness (QED) is 0.887. The molecule has 1 aliphatic rings. The average molecular weight is 326 g/mol. The molecule has 2 amide bonds. The van der Waals surface area contributed by atoms with Gasteiger partial charge in [-0.1, -0.05) is 30.3 Å². The van der Waals surface area contributed by atoms with Gasteiger partial charge in [-0.05, 0) is 49.3 Å². The van der Waals surface area contributed by atoms with Crippen LogP contribution in [0.2, 0.25) is 0 Å².